The summed E-state index contributed by atoms with van der Waals surface area (Å²) in [5, 5.41) is 11.6. The van der Waals surface area contributed by atoms with Crippen molar-refractivity contribution >= 4 is 22.9 Å². The van der Waals surface area contributed by atoms with E-state index in [9.17, 15) is 24.3 Å². The second kappa shape index (κ2) is 5.61. The van der Waals surface area contributed by atoms with Crippen molar-refractivity contribution in [1.29, 1.82) is 0 Å². The summed E-state index contributed by atoms with van der Waals surface area (Å²) in [6.45, 7) is -0.0801. The lowest BCUT2D eigenvalue weighted by atomic mass is 10.1. The van der Waals surface area contributed by atoms with Gasteiger partial charge in [0, 0.05) is 20.0 Å². The maximum absolute atomic E-state index is 12.0. The molecule has 21 heavy (non-hydrogen) atoms. The largest absolute Gasteiger partial charge is 0.478 e. The quantitative estimate of drug-likeness (QED) is 0.657. The molecule has 0 radical (unpaired) electrons. The highest BCUT2D eigenvalue weighted by Gasteiger charge is 2.15. The second-order valence-corrected chi connectivity index (χ2v) is 4.34. The van der Waals surface area contributed by atoms with Crippen molar-refractivity contribution in [1.82, 2.24) is 14.9 Å². The van der Waals surface area contributed by atoms with Crippen molar-refractivity contribution < 1.29 is 14.7 Å². The number of carbonyl (C=O) groups is 2. The minimum absolute atomic E-state index is 0.0388. The fourth-order valence-electron chi connectivity index (χ4n) is 2.06. The highest BCUT2D eigenvalue weighted by molar-refractivity contribution is 6.00. The Morgan fingerprint density at radius 1 is 1.33 bits per heavy atom. The van der Waals surface area contributed by atoms with Gasteiger partial charge in [-0.2, -0.15) is 0 Å². The summed E-state index contributed by atoms with van der Waals surface area (Å²) in [5.41, 5.74) is -1.53. The number of amides is 1. The van der Waals surface area contributed by atoms with Crippen LogP contribution in [0.2, 0.25) is 0 Å². The average molecular weight is 291 g/mol. The Kier molecular flexibility index (Phi) is 3.88. The first-order valence-electron chi connectivity index (χ1n) is 6.15. The number of carboxylic acid groups (broad SMARTS) is 1. The van der Waals surface area contributed by atoms with E-state index in [4.69, 9.17) is 0 Å². The van der Waals surface area contributed by atoms with Gasteiger partial charge in [-0.3, -0.25) is 14.4 Å². The summed E-state index contributed by atoms with van der Waals surface area (Å²) >= 11 is 0. The van der Waals surface area contributed by atoms with Crippen LogP contribution < -0.4 is 16.4 Å². The lowest BCUT2D eigenvalue weighted by Gasteiger charge is -2.11. The Hall–Kier alpha value is -2.90. The monoisotopic (exact) mass is 291 g/mol. The summed E-state index contributed by atoms with van der Waals surface area (Å²) in [6.07, 6.45) is -0.0388. The van der Waals surface area contributed by atoms with Crippen LogP contribution in [0.5, 0.6) is 0 Å². The predicted octanol–water partition coefficient (Wildman–Crippen LogP) is -0.476. The van der Waals surface area contributed by atoms with Crippen LogP contribution in [0, 0.1) is 0 Å². The lowest BCUT2D eigenvalue weighted by molar-refractivity contribution is -0.120. The molecule has 0 bridgehead atoms. The fraction of sp³-hybridized carbons (Fsp3) is 0.231. The van der Waals surface area contributed by atoms with E-state index >= 15 is 0 Å². The number of aryl methyl sites for hydroxylation is 1. The number of rotatable bonds is 4. The van der Waals surface area contributed by atoms with Crippen LogP contribution in [0.1, 0.15) is 16.8 Å². The number of carboxylic acids is 1. The van der Waals surface area contributed by atoms with Gasteiger partial charge in [-0.05, 0) is 12.1 Å². The molecule has 8 nitrogen and oxygen atoms in total. The molecule has 0 atom stereocenters. The summed E-state index contributed by atoms with van der Waals surface area (Å²) in [5.74, 6) is -1.54. The third-order valence-electron chi connectivity index (χ3n) is 3.07. The molecule has 2 aromatic rings. The number of para-hydroxylation sites is 1. The maximum Gasteiger partial charge on any atom is 0.337 e. The number of carbonyl (C=O) groups excluding carboxylic acids is 1. The Balaban J connectivity index is 2.73. The molecule has 0 saturated heterocycles. The number of benzene rings is 1. The molecule has 1 heterocycles. The molecule has 0 aliphatic rings. The molecule has 0 spiro atoms. The Labute approximate surface area is 118 Å². The molecular formula is C13H13N3O5. The molecule has 8 heteroatoms. The fourth-order valence-corrected chi connectivity index (χ4v) is 2.06. The van der Waals surface area contributed by atoms with Gasteiger partial charge in [0.15, 0.2) is 0 Å². The molecule has 110 valence electrons. The lowest BCUT2D eigenvalue weighted by Crippen LogP contribution is -2.37. The van der Waals surface area contributed by atoms with Gasteiger partial charge >= 0.3 is 17.1 Å². The van der Waals surface area contributed by atoms with Gasteiger partial charge in [-0.25, -0.2) is 4.79 Å². The van der Waals surface area contributed by atoms with E-state index < -0.39 is 17.1 Å². The molecule has 0 fully saturated rings. The van der Waals surface area contributed by atoms with Crippen molar-refractivity contribution in [2.24, 2.45) is 0 Å². The smallest absolute Gasteiger partial charge is 0.337 e. The van der Waals surface area contributed by atoms with E-state index in [2.05, 4.69) is 10.3 Å². The number of H-pyrrole nitrogens is 1. The Morgan fingerprint density at radius 2 is 2.05 bits per heavy atom. The van der Waals surface area contributed by atoms with Gasteiger partial charge < -0.3 is 20.0 Å². The van der Waals surface area contributed by atoms with Crippen LogP contribution in [-0.2, 0) is 11.3 Å². The van der Waals surface area contributed by atoms with Gasteiger partial charge in [0.25, 0.3) is 0 Å². The number of fused-ring (bicyclic) bond motifs is 1. The van der Waals surface area contributed by atoms with Crippen molar-refractivity contribution in [2.45, 2.75) is 13.0 Å². The molecule has 0 aliphatic carbocycles. The molecule has 0 aliphatic heterocycles. The highest BCUT2D eigenvalue weighted by Crippen LogP contribution is 2.15. The topological polar surface area (TPSA) is 121 Å². The number of aromatic carboxylic acids is 1. The number of nitrogens with zero attached hydrogens (tertiary/aromatic N) is 1. The zero-order valence-corrected chi connectivity index (χ0v) is 11.2. The second-order valence-electron chi connectivity index (χ2n) is 4.34. The summed E-state index contributed by atoms with van der Waals surface area (Å²) < 4.78 is 1.02. The highest BCUT2D eigenvalue weighted by atomic mass is 16.4. The van der Waals surface area contributed by atoms with Crippen molar-refractivity contribution in [3.05, 3.63) is 44.5 Å². The van der Waals surface area contributed by atoms with Crippen molar-refractivity contribution in [3.8, 4) is 0 Å². The minimum atomic E-state index is -1.22. The van der Waals surface area contributed by atoms with E-state index in [1.165, 1.54) is 25.2 Å². The molecule has 0 unspecified atom stereocenters. The molecule has 0 saturated carbocycles. The van der Waals surface area contributed by atoms with Crippen LogP contribution >= 0.6 is 0 Å². The molecule has 1 aromatic heterocycles. The number of hydrogen-bond donors (Lipinski definition) is 3. The third kappa shape index (κ3) is 2.69. The van der Waals surface area contributed by atoms with Crippen LogP contribution in [-0.4, -0.2) is 33.6 Å². The molecule has 2 rings (SSSR count). The van der Waals surface area contributed by atoms with Crippen molar-refractivity contribution in [2.75, 3.05) is 7.05 Å². The zero-order chi connectivity index (χ0) is 15.6. The molecule has 1 amide bonds. The number of nitrogens with one attached hydrogen (secondary N) is 2. The van der Waals surface area contributed by atoms with Crippen LogP contribution in [0.15, 0.2) is 27.8 Å². The van der Waals surface area contributed by atoms with Crippen LogP contribution in [0.3, 0.4) is 0 Å². The normalized spacial score (nSPS) is 10.5. The van der Waals surface area contributed by atoms with Crippen LogP contribution in [0.25, 0.3) is 11.0 Å². The number of hydrogen-bond acceptors (Lipinski definition) is 4. The summed E-state index contributed by atoms with van der Waals surface area (Å²) in [6, 6.07) is 4.30. The Morgan fingerprint density at radius 3 is 2.67 bits per heavy atom. The van der Waals surface area contributed by atoms with Gasteiger partial charge in [-0.15, -0.1) is 0 Å². The minimum Gasteiger partial charge on any atom is -0.478 e. The average Bonchev–Trinajstić information content (AvgIpc) is 2.46. The molecular weight excluding hydrogens is 278 g/mol. The van der Waals surface area contributed by atoms with Crippen LogP contribution in [0.4, 0.5) is 0 Å². The molecule has 1 aromatic carbocycles. The molecule has 3 N–H and O–H groups in total. The summed E-state index contributed by atoms with van der Waals surface area (Å²) in [4.78, 5) is 48.5. The van der Waals surface area contributed by atoms with E-state index in [1.54, 1.807) is 0 Å². The summed E-state index contributed by atoms with van der Waals surface area (Å²) in [7, 11) is 1.45. The predicted molar refractivity (Wildman–Crippen MR) is 74.5 cm³/mol. The maximum atomic E-state index is 12.0. The zero-order valence-electron chi connectivity index (χ0n) is 11.2. The van der Waals surface area contributed by atoms with Gasteiger partial charge in [0.1, 0.15) is 0 Å². The number of aromatic amines is 1. The first kappa shape index (κ1) is 14.5. The standard InChI is InChI=1S/C13H13N3O5/c1-14-9(17)5-6-16-10-7(13(20)21)3-2-4-8(10)15-11(18)12(16)19/h2-4H,5-6H2,1H3,(H,14,17)(H,15,18)(H,20,21). The van der Waals surface area contributed by atoms with Gasteiger partial charge in [0.05, 0.1) is 16.6 Å². The number of aromatic nitrogens is 2. The van der Waals surface area contributed by atoms with Gasteiger partial charge in [-0.1, -0.05) is 6.07 Å². The van der Waals surface area contributed by atoms with E-state index in [-0.39, 0.29) is 35.5 Å². The SMILES string of the molecule is CNC(=O)CCn1c(=O)c(=O)[nH]c2cccc(C(=O)O)c21. The Bertz CT molecular complexity index is 834. The van der Waals surface area contributed by atoms with E-state index in [0.29, 0.717) is 0 Å². The third-order valence-corrected chi connectivity index (χ3v) is 3.07. The van der Waals surface area contributed by atoms with Crippen molar-refractivity contribution in [3.63, 3.8) is 0 Å². The van der Waals surface area contributed by atoms with E-state index in [1.807, 2.05) is 0 Å². The first-order valence-corrected chi connectivity index (χ1v) is 6.15. The first-order chi connectivity index (χ1) is 9.95. The van der Waals surface area contributed by atoms with E-state index in [0.717, 1.165) is 4.57 Å². The van der Waals surface area contributed by atoms with Gasteiger partial charge in [0.2, 0.25) is 5.91 Å².